The molecule has 0 aromatic carbocycles. The fraction of sp³-hybridized carbons (Fsp3) is 0.750. The Morgan fingerprint density at radius 1 is 1.33 bits per heavy atom. The number of nitrogens with one attached hydrogen (secondary N) is 1. The van der Waals surface area contributed by atoms with Gasteiger partial charge in [-0.3, -0.25) is 10.1 Å². The smallest absolute Gasteiger partial charge is 0.353 e. The maximum absolute atomic E-state index is 11.5. The molecule has 24 heavy (non-hydrogen) atoms. The van der Waals surface area contributed by atoms with Crippen LogP contribution in [0, 0.1) is 27.9 Å². The summed E-state index contributed by atoms with van der Waals surface area (Å²) in [5.74, 6) is 2.08. The van der Waals surface area contributed by atoms with E-state index in [9.17, 15) is 10.1 Å². The number of nitro groups is 1. The van der Waals surface area contributed by atoms with Crippen molar-refractivity contribution in [2.45, 2.75) is 40.5 Å². The Balaban J connectivity index is 2.31. The number of hydrogen-bond acceptors (Lipinski definition) is 7. The average Bonchev–Trinajstić information content (AvgIpc) is 2.44. The first-order valence-electron chi connectivity index (χ1n) is 8.58. The van der Waals surface area contributed by atoms with Crippen LogP contribution in [0.4, 0.5) is 23.3 Å². The van der Waals surface area contributed by atoms with E-state index in [1.54, 1.807) is 0 Å². The summed E-state index contributed by atoms with van der Waals surface area (Å²) in [5, 5.41) is 14.6. The molecule has 1 aromatic heterocycles. The van der Waals surface area contributed by atoms with E-state index in [-0.39, 0.29) is 11.5 Å². The van der Waals surface area contributed by atoms with E-state index in [1.165, 1.54) is 0 Å². The van der Waals surface area contributed by atoms with Gasteiger partial charge < -0.3 is 16.0 Å². The predicted octanol–water partition coefficient (Wildman–Crippen LogP) is 2.91. The summed E-state index contributed by atoms with van der Waals surface area (Å²) >= 11 is 0. The summed E-state index contributed by atoms with van der Waals surface area (Å²) < 4.78 is 0. The van der Waals surface area contributed by atoms with E-state index in [4.69, 9.17) is 5.73 Å². The Morgan fingerprint density at radius 2 is 1.96 bits per heavy atom. The SMILES string of the molecule is CC(C)CCNc1nc(N)c([N+](=O)[O-])c(N2CC(C)CC(C)C2)n1. The maximum Gasteiger partial charge on any atom is 0.353 e. The van der Waals surface area contributed by atoms with E-state index in [0.717, 1.165) is 25.9 Å². The molecule has 1 aromatic rings. The van der Waals surface area contributed by atoms with Crippen LogP contribution in [-0.2, 0) is 0 Å². The minimum Gasteiger partial charge on any atom is -0.378 e. The highest BCUT2D eigenvalue weighted by molar-refractivity contribution is 5.71. The van der Waals surface area contributed by atoms with Crippen molar-refractivity contribution in [2.75, 3.05) is 35.6 Å². The molecule has 2 unspecified atom stereocenters. The number of nitrogen functional groups attached to an aromatic ring is 1. The number of aromatic nitrogens is 2. The third-order valence-electron chi connectivity index (χ3n) is 4.25. The normalized spacial score (nSPS) is 21.1. The summed E-state index contributed by atoms with van der Waals surface area (Å²) in [6.45, 7) is 10.8. The molecule has 2 rings (SSSR count). The molecule has 0 amide bonds. The summed E-state index contributed by atoms with van der Waals surface area (Å²) in [5.41, 5.74) is 5.68. The highest BCUT2D eigenvalue weighted by Crippen LogP contribution is 2.35. The van der Waals surface area contributed by atoms with E-state index in [1.807, 2.05) is 4.90 Å². The van der Waals surface area contributed by atoms with Crippen LogP contribution in [0.25, 0.3) is 0 Å². The van der Waals surface area contributed by atoms with E-state index >= 15 is 0 Å². The summed E-state index contributed by atoms with van der Waals surface area (Å²) in [6, 6.07) is 0. The molecule has 1 fully saturated rings. The molecule has 0 aliphatic carbocycles. The van der Waals surface area contributed by atoms with Gasteiger partial charge in [0.25, 0.3) is 0 Å². The van der Waals surface area contributed by atoms with Crippen molar-refractivity contribution in [3.8, 4) is 0 Å². The van der Waals surface area contributed by atoms with Gasteiger partial charge in [0.05, 0.1) is 4.92 Å². The summed E-state index contributed by atoms with van der Waals surface area (Å²) in [4.78, 5) is 21.5. The van der Waals surface area contributed by atoms with Gasteiger partial charge in [-0.1, -0.05) is 27.7 Å². The Morgan fingerprint density at radius 3 is 2.50 bits per heavy atom. The minimum absolute atomic E-state index is 0.0806. The van der Waals surface area contributed by atoms with Crippen molar-refractivity contribution in [2.24, 2.45) is 17.8 Å². The minimum atomic E-state index is -0.480. The first kappa shape index (κ1) is 18.2. The molecule has 0 radical (unpaired) electrons. The van der Waals surface area contributed by atoms with Crippen LogP contribution in [0.2, 0.25) is 0 Å². The van der Waals surface area contributed by atoms with Gasteiger partial charge in [-0.15, -0.1) is 0 Å². The van der Waals surface area contributed by atoms with Gasteiger partial charge in [0, 0.05) is 19.6 Å². The number of anilines is 3. The number of nitrogens with two attached hydrogens (primary N) is 1. The predicted molar refractivity (Wildman–Crippen MR) is 96.2 cm³/mol. The van der Waals surface area contributed by atoms with E-state index < -0.39 is 4.92 Å². The van der Waals surface area contributed by atoms with Crippen LogP contribution in [0.15, 0.2) is 0 Å². The molecule has 2 atom stereocenters. The highest BCUT2D eigenvalue weighted by atomic mass is 16.6. The topological polar surface area (TPSA) is 110 Å². The number of hydrogen-bond donors (Lipinski definition) is 2. The zero-order chi connectivity index (χ0) is 17.9. The lowest BCUT2D eigenvalue weighted by Gasteiger charge is -2.35. The Bertz CT molecular complexity index is 582. The van der Waals surface area contributed by atoms with Gasteiger partial charge in [0.2, 0.25) is 17.6 Å². The first-order valence-corrected chi connectivity index (χ1v) is 8.58. The van der Waals surface area contributed by atoms with Gasteiger partial charge in [0.1, 0.15) is 0 Å². The number of piperidine rings is 1. The quantitative estimate of drug-likeness (QED) is 0.607. The van der Waals surface area contributed by atoms with Gasteiger partial charge in [-0.2, -0.15) is 9.97 Å². The van der Waals surface area contributed by atoms with Gasteiger partial charge in [-0.05, 0) is 30.6 Å². The maximum atomic E-state index is 11.5. The molecule has 0 bridgehead atoms. The van der Waals surface area contributed by atoms with Gasteiger partial charge in [-0.25, -0.2) is 0 Å². The van der Waals surface area contributed by atoms with Crippen LogP contribution in [-0.4, -0.2) is 34.5 Å². The van der Waals surface area contributed by atoms with Crippen molar-refractivity contribution < 1.29 is 4.92 Å². The molecule has 1 aliphatic rings. The molecule has 8 nitrogen and oxygen atoms in total. The lowest BCUT2D eigenvalue weighted by Crippen LogP contribution is -2.39. The molecule has 1 saturated heterocycles. The zero-order valence-electron chi connectivity index (χ0n) is 15.0. The molecule has 1 aliphatic heterocycles. The lowest BCUT2D eigenvalue weighted by molar-refractivity contribution is -0.383. The van der Waals surface area contributed by atoms with Crippen LogP contribution < -0.4 is 16.0 Å². The lowest BCUT2D eigenvalue weighted by atomic mass is 9.92. The standard InChI is InChI=1S/C16H28N6O2/c1-10(2)5-6-18-16-19-14(17)13(22(23)24)15(20-16)21-8-11(3)7-12(4)9-21/h10-12H,5-9H2,1-4H3,(H3,17,18,19,20). The van der Waals surface area contributed by atoms with Crippen molar-refractivity contribution in [1.29, 1.82) is 0 Å². The Labute approximate surface area is 143 Å². The number of rotatable bonds is 6. The fourth-order valence-electron chi connectivity index (χ4n) is 3.24. The van der Waals surface area contributed by atoms with Crippen molar-refractivity contribution in [3.05, 3.63) is 10.1 Å². The Hall–Kier alpha value is -2.12. The van der Waals surface area contributed by atoms with E-state index in [2.05, 4.69) is 43.0 Å². The van der Waals surface area contributed by atoms with Crippen molar-refractivity contribution in [3.63, 3.8) is 0 Å². The molecule has 2 heterocycles. The molecular weight excluding hydrogens is 308 g/mol. The molecule has 0 saturated carbocycles. The Kier molecular flexibility index (Phi) is 5.80. The molecule has 134 valence electrons. The van der Waals surface area contributed by atoms with Crippen LogP contribution in [0.5, 0.6) is 0 Å². The van der Waals surface area contributed by atoms with Crippen LogP contribution >= 0.6 is 0 Å². The van der Waals surface area contributed by atoms with Crippen molar-refractivity contribution in [1.82, 2.24) is 9.97 Å². The average molecular weight is 336 g/mol. The van der Waals surface area contributed by atoms with Gasteiger partial charge >= 0.3 is 5.69 Å². The molecule has 8 heteroatoms. The second-order valence-electron chi connectivity index (χ2n) is 7.32. The zero-order valence-corrected chi connectivity index (χ0v) is 15.0. The number of nitrogens with zero attached hydrogens (tertiary/aromatic N) is 4. The highest BCUT2D eigenvalue weighted by Gasteiger charge is 2.31. The molecular formula is C16H28N6O2. The second kappa shape index (κ2) is 7.63. The third kappa shape index (κ3) is 4.46. The van der Waals surface area contributed by atoms with Crippen molar-refractivity contribution >= 4 is 23.3 Å². The fourth-order valence-corrected chi connectivity index (χ4v) is 3.24. The van der Waals surface area contributed by atoms with E-state index in [0.29, 0.717) is 36.1 Å². The monoisotopic (exact) mass is 336 g/mol. The van der Waals surface area contributed by atoms with Crippen LogP contribution in [0.1, 0.15) is 40.5 Å². The summed E-state index contributed by atoms with van der Waals surface area (Å²) in [6.07, 6.45) is 2.08. The molecule has 3 N–H and O–H groups in total. The van der Waals surface area contributed by atoms with Gasteiger partial charge in [0.15, 0.2) is 0 Å². The summed E-state index contributed by atoms with van der Waals surface area (Å²) in [7, 11) is 0. The molecule has 0 spiro atoms. The third-order valence-corrected chi connectivity index (χ3v) is 4.25. The van der Waals surface area contributed by atoms with Crippen LogP contribution in [0.3, 0.4) is 0 Å². The first-order chi connectivity index (χ1) is 11.3. The second-order valence-corrected chi connectivity index (χ2v) is 7.32. The largest absolute Gasteiger partial charge is 0.378 e.